The molecule has 14 nitrogen and oxygen atoms in total. The highest BCUT2D eigenvalue weighted by molar-refractivity contribution is 7.98. The molecule has 0 saturated carbocycles. The van der Waals surface area contributed by atoms with Crippen LogP contribution in [0.5, 0.6) is 0 Å². The van der Waals surface area contributed by atoms with Crippen LogP contribution in [0.1, 0.15) is 62.1 Å². The second-order valence-corrected chi connectivity index (χ2v) is 14.8. The summed E-state index contributed by atoms with van der Waals surface area (Å²) >= 11 is 1.51. The van der Waals surface area contributed by atoms with Crippen molar-refractivity contribution in [3.63, 3.8) is 0 Å². The molecule has 2 aromatic carbocycles. The van der Waals surface area contributed by atoms with Crippen molar-refractivity contribution in [3.05, 3.63) is 78.0 Å². The molecule has 0 bridgehead atoms. The quantitative estimate of drug-likeness (QED) is 0.232. The molecular weight excluding hydrogens is 697 g/mol. The number of aromatic nitrogens is 2. The van der Waals surface area contributed by atoms with E-state index in [2.05, 4.69) is 31.7 Å². The Bertz CT molecular complexity index is 1800. The van der Waals surface area contributed by atoms with E-state index in [0.717, 1.165) is 11.3 Å². The van der Waals surface area contributed by atoms with Crippen molar-refractivity contribution in [2.75, 3.05) is 18.6 Å². The van der Waals surface area contributed by atoms with E-state index in [1.807, 2.05) is 42.7 Å². The van der Waals surface area contributed by atoms with Crippen molar-refractivity contribution in [1.29, 1.82) is 0 Å². The lowest BCUT2D eigenvalue weighted by Gasteiger charge is -2.32. The first-order valence-electron chi connectivity index (χ1n) is 17.8. The molecule has 2 aliphatic rings. The third-order valence-corrected chi connectivity index (χ3v) is 10.2. The van der Waals surface area contributed by atoms with Gasteiger partial charge < -0.3 is 31.5 Å². The Labute approximate surface area is 313 Å². The van der Waals surface area contributed by atoms with Crippen LogP contribution in [0.15, 0.2) is 66.7 Å². The zero-order valence-electron chi connectivity index (χ0n) is 30.6. The van der Waals surface area contributed by atoms with E-state index in [1.165, 1.54) is 23.6 Å². The number of nitrogens with zero attached hydrogens (tertiary/aromatic N) is 3. The van der Waals surface area contributed by atoms with Crippen molar-refractivity contribution in [3.8, 4) is 11.3 Å². The molecular formula is C38H48N8O6S. The number of hydrogen-bond acceptors (Lipinski definition) is 8. The van der Waals surface area contributed by atoms with Gasteiger partial charge in [0, 0.05) is 19.6 Å². The van der Waals surface area contributed by atoms with Crippen LogP contribution < -0.4 is 26.6 Å². The number of hydrogen-bond donors (Lipinski definition) is 5. The molecule has 0 aliphatic carbocycles. The molecule has 0 spiro atoms. The van der Waals surface area contributed by atoms with Gasteiger partial charge in [0.2, 0.25) is 29.5 Å². The monoisotopic (exact) mass is 744 g/mol. The summed E-state index contributed by atoms with van der Waals surface area (Å²) in [6.07, 6.45) is 2.10. The van der Waals surface area contributed by atoms with Crippen LogP contribution in [0.3, 0.4) is 0 Å². The molecule has 282 valence electrons. The fourth-order valence-corrected chi connectivity index (χ4v) is 7.12. The van der Waals surface area contributed by atoms with Crippen LogP contribution in [-0.2, 0) is 31.0 Å². The van der Waals surface area contributed by atoms with Gasteiger partial charge in [0.05, 0.1) is 18.2 Å². The molecule has 2 saturated heterocycles. The Kier molecular flexibility index (Phi) is 12.9. The fourth-order valence-electron chi connectivity index (χ4n) is 6.65. The van der Waals surface area contributed by atoms with E-state index in [9.17, 15) is 28.8 Å². The summed E-state index contributed by atoms with van der Waals surface area (Å²) in [5.74, 6) is -2.93. The maximum atomic E-state index is 14.3. The van der Waals surface area contributed by atoms with Gasteiger partial charge in [-0.25, -0.2) is 0 Å². The average Bonchev–Trinajstić information content (AvgIpc) is 3.75. The molecule has 2 fully saturated rings. The number of fused-ring (bicyclic) bond motifs is 1. The van der Waals surface area contributed by atoms with E-state index < -0.39 is 77.6 Å². The lowest BCUT2D eigenvalue weighted by atomic mass is 10.0. The number of carbonyl (C=O) groups excluding carboxylic acids is 6. The van der Waals surface area contributed by atoms with Crippen molar-refractivity contribution in [2.24, 2.45) is 13.0 Å². The number of aryl methyl sites for hydroxylation is 1. The highest BCUT2D eigenvalue weighted by atomic mass is 32.2. The molecule has 5 N–H and O–H groups in total. The molecule has 53 heavy (non-hydrogen) atoms. The van der Waals surface area contributed by atoms with Gasteiger partial charge in [-0.1, -0.05) is 74.5 Å². The maximum Gasteiger partial charge on any atom is 0.272 e. The first kappa shape index (κ1) is 39.0. The van der Waals surface area contributed by atoms with Crippen molar-refractivity contribution < 1.29 is 28.8 Å². The van der Waals surface area contributed by atoms with Crippen molar-refractivity contribution >= 4 is 47.2 Å². The third kappa shape index (κ3) is 9.63. The predicted molar refractivity (Wildman–Crippen MR) is 201 cm³/mol. The van der Waals surface area contributed by atoms with Crippen LogP contribution in [0, 0.1) is 5.92 Å². The van der Waals surface area contributed by atoms with Gasteiger partial charge in [-0.05, 0) is 54.9 Å². The summed E-state index contributed by atoms with van der Waals surface area (Å²) in [6, 6.07) is 14.7. The van der Waals surface area contributed by atoms with Gasteiger partial charge in [0.15, 0.2) is 5.69 Å². The highest BCUT2D eigenvalue weighted by Gasteiger charge is 2.44. The standard InChI is InChI=1S/C38H48N8O6S/c1-22(2)33-38(52)46-21-26(40-36(50)29-19-30(45(4)44-29)25-14-10-7-11-15-25)18-31(46)37(51)39-23(3)34(48)42-28(24-12-8-6-9-13-24)20-32(47)41-27(16-17-53-5)35(49)43-33/h6-15,19,22-23,26-28,31,33H,16-18,20-21H2,1-5H3,(H,39,51)(H,40,50)(H,41,47)(H,42,48)(H,43,49)/t23-,26-,27-,28-,31-,33-/m0/s1. The largest absolute Gasteiger partial charge is 0.347 e. The molecule has 6 atom stereocenters. The minimum atomic E-state index is -1.06. The Balaban J connectivity index is 1.44. The van der Waals surface area contributed by atoms with Gasteiger partial charge in [-0.2, -0.15) is 16.9 Å². The summed E-state index contributed by atoms with van der Waals surface area (Å²) in [5, 5.41) is 18.7. The van der Waals surface area contributed by atoms with E-state index in [1.54, 1.807) is 55.9 Å². The smallest absolute Gasteiger partial charge is 0.272 e. The zero-order valence-corrected chi connectivity index (χ0v) is 31.4. The highest BCUT2D eigenvalue weighted by Crippen LogP contribution is 2.24. The number of amides is 6. The lowest BCUT2D eigenvalue weighted by molar-refractivity contribution is -0.143. The van der Waals surface area contributed by atoms with Crippen LogP contribution in [0.25, 0.3) is 11.3 Å². The van der Waals surface area contributed by atoms with E-state index in [0.29, 0.717) is 17.7 Å². The average molecular weight is 745 g/mol. The van der Waals surface area contributed by atoms with E-state index in [4.69, 9.17) is 0 Å². The number of thioether (sulfide) groups is 1. The third-order valence-electron chi connectivity index (χ3n) is 9.56. The van der Waals surface area contributed by atoms with Crippen molar-refractivity contribution in [1.82, 2.24) is 41.3 Å². The van der Waals surface area contributed by atoms with E-state index >= 15 is 0 Å². The molecule has 3 heterocycles. The van der Waals surface area contributed by atoms with Crippen LogP contribution in [0.4, 0.5) is 0 Å². The normalized spacial score (nSPS) is 24.6. The minimum absolute atomic E-state index is 0.0244. The van der Waals surface area contributed by atoms with Crippen LogP contribution >= 0.6 is 11.8 Å². The van der Waals surface area contributed by atoms with Gasteiger partial charge in [-0.3, -0.25) is 33.4 Å². The van der Waals surface area contributed by atoms with Crippen LogP contribution in [0.2, 0.25) is 0 Å². The van der Waals surface area contributed by atoms with Gasteiger partial charge in [-0.15, -0.1) is 0 Å². The number of benzene rings is 2. The van der Waals surface area contributed by atoms with Gasteiger partial charge in [0.1, 0.15) is 24.2 Å². The first-order chi connectivity index (χ1) is 25.4. The molecule has 6 amide bonds. The molecule has 2 aliphatic heterocycles. The first-order valence-corrected chi connectivity index (χ1v) is 19.2. The number of carbonyl (C=O) groups is 6. The molecule has 3 aromatic rings. The topological polar surface area (TPSA) is 184 Å². The minimum Gasteiger partial charge on any atom is -0.347 e. The Hall–Kier alpha value is -5.18. The molecule has 5 rings (SSSR count). The summed E-state index contributed by atoms with van der Waals surface area (Å²) < 4.78 is 1.61. The summed E-state index contributed by atoms with van der Waals surface area (Å²) in [5.41, 5.74) is 2.48. The Morgan fingerprint density at radius 1 is 0.925 bits per heavy atom. The number of rotatable bonds is 8. The zero-order chi connectivity index (χ0) is 38.2. The molecule has 1 aromatic heterocycles. The lowest BCUT2D eigenvalue weighted by Crippen LogP contribution is -2.59. The van der Waals surface area contributed by atoms with E-state index in [-0.39, 0.29) is 25.1 Å². The second-order valence-electron chi connectivity index (χ2n) is 13.9. The summed E-state index contributed by atoms with van der Waals surface area (Å²) in [7, 11) is 1.74. The van der Waals surface area contributed by atoms with Gasteiger partial charge in [0.25, 0.3) is 5.91 Å². The number of nitrogens with one attached hydrogen (secondary N) is 5. The molecule has 0 unspecified atom stereocenters. The maximum absolute atomic E-state index is 14.3. The molecule has 0 radical (unpaired) electrons. The summed E-state index contributed by atoms with van der Waals surface area (Å²) in [4.78, 5) is 83.9. The SMILES string of the molecule is CSCC[C@@H]1NC(=O)C[C@@H](c2ccccc2)NC(=O)[C@H](C)NC(=O)[C@@H]2C[C@H](NC(=O)c3cc(-c4ccccc4)n(C)n3)CN2C(=O)[C@H](C(C)C)NC1=O. The van der Waals surface area contributed by atoms with Gasteiger partial charge >= 0.3 is 0 Å². The fraction of sp³-hybridized carbons (Fsp3) is 0.447. The Morgan fingerprint density at radius 2 is 1.60 bits per heavy atom. The summed E-state index contributed by atoms with van der Waals surface area (Å²) in [6.45, 7) is 5.07. The van der Waals surface area contributed by atoms with Crippen molar-refractivity contribution in [2.45, 2.75) is 76.3 Å². The predicted octanol–water partition coefficient (Wildman–Crippen LogP) is 1.93. The molecule has 15 heteroatoms. The second kappa shape index (κ2) is 17.6. The Morgan fingerprint density at radius 3 is 2.26 bits per heavy atom. The van der Waals surface area contributed by atoms with Crippen LogP contribution in [-0.4, -0.2) is 98.9 Å².